The molecule has 0 saturated carbocycles. The molecule has 3 heteroatoms. The van der Waals surface area contributed by atoms with Crippen LogP contribution in [0.15, 0.2) is 12.1 Å². The smallest absolute Gasteiger partial charge is 0.0331 e. The van der Waals surface area contributed by atoms with E-state index in [9.17, 15) is 0 Å². The third-order valence-electron chi connectivity index (χ3n) is 4.25. The summed E-state index contributed by atoms with van der Waals surface area (Å²) in [5.74, 6) is 0.710. The van der Waals surface area contributed by atoms with E-state index < -0.39 is 0 Å². The third-order valence-corrected chi connectivity index (χ3v) is 5.47. The molecule has 1 saturated heterocycles. The quantitative estimate of drug-likeness (QED) is 0.908. The van der Waals surface area contributed by atoms with Crippen molar-refractivity contribution in [1.29, 1.82) is 0 Å². The van der Waals surface area contributed by atoms with Gasteiger partial charge in [0.25, 0.3) is 0 Å². The first-order chi connectivity index (χ1) is 9.10. The van der Waals surface area contributed by atoms with Gasteiger partial charge in [0.05, 0.1) is 0 Å². The molecule has 0 aliphatic carbocycles. The Balaban J connectivity index is 2.02. The number of nitrogens with zero attached hydrogens (tertiary/aromatic N) is 1. The number of nitrogens with one attached hydrogen (secondary N) is 1. The Kier molecular flexibility index (Phi) is 5.43. The number of thiophene rings is 1. The van der Waals surface area contributed by atoms with Gasteiger partial charge in [-0.2, -0.15) is 0 Å². The largest absolute Gasteiger partial charge is 0.312 e. The number of rotatable bonds is 4. The highest BCUT2D eigenvalue weighted by atomic mass is 32.1. The zero-order valence-corrected chi connectivity index (χ0v) is 13.6. The minimum Gasteiger partial charge on any atom is -0.312 e. The molecule has 0 amide bonds. The van der Waals surface area contributed by atoms with Crippen molar-refractivity contribution in [1.82, 2.24) is 10.2 Å². The number of aryl methyl sites for hydroxylation is 1. The summed E-state index contributed by atoms with van der Waals surface area (Å²) in [6.07, 6.45) is 2.42. The van der Waals surface area contributed by atoms with Crippen LogP contribution in [0.1, 0.15) is 43.9 Å². The molecular formula is C16H28N2S. The highest BCUT2D eigenvalue weighted by molar-refractivity contribution is 7.11. The number of hydrogen-bond acceptors (Lipinski definition) is 3. The van der Waals surface area contributed by atoms with Crippen LogP contribution in [0.3, 0.4) is 0 Å². The molecule has 2 unspecified atom stereocenters. The number of hydrogen-bond donors (Lipinski definition) is 1. The highest BCUT2D eigenvalue weighted by Gasteiger charge is 2.24. The Hall–Kier alpha value is -0.380. The van der Waals surface area contributed by atoms with Crippen molar-refractivity contribution in [3.63, 3.8) is 0 Å². The monoisotopic (exact) mass is 280 g/mol. The van der Waals surface area contributed by atoms with Crippen LogP contribution in [0.5, 0.6) is 0 Å². The van der Waals surface area contributed by atoms with Gasteiger partial charge in [-0.1, -0.05) is 20.8 Å². The molecule has 1 aliphatic heterocycles. The highest BCUT2D eigenvalue weighted by Crippen LogP contribution is 2.22. The maximum atomic E-state index is 3.71. The van der Waals surface area contributed by atoms with Crippen LogP contribution in [0, 0.1) is 5.92 Å². The van der Waals surface area contributed by atoms with Crippen molar-refractivity contribution in [2.45, 2.75) is 59.2 Å². The normalized spacial score (nSPS) is 25.7. The SMILES string of the molecule is CCc1ccc(CN2CC(C(C)C)NCCC2C)s1. The first-order valence-electron chi connectivity index (χ1n) is 7.65. The van der Waals surface area contributed by atoms with Gasteiger partial charge in [-0.15, -0.1) is 11.3 Å². The zero-order chi connectivity index (χ0) is 13.8. The van der Waals surface area contributed by atoms with Gasteiger partial charge in [-0.3, -0.25) is 4.90 Å². The second-order valence-electron chi connectivity index (χ2n) is 6.09. The Morgan fingerprint density at radius 3 is 2.74 bits per heavy atom. The van der Waals surface area contributed by atoms with E-state index in [4.69, 9.17) is 0 Å². The average Bonchev–Trinajstić information content (AvgIpc) is 2.75. The Morgan fingerprint density at radius 2 is 2.11 bits per heavy atom. The fourth-order valence-electron chi connectivity index (χ4n) is 2.72. The zero-order valence-electron chi connectivity index (χ0n) is 12.8. The van der Waals surface area contributed by atoms with E-state index in [0.717, 1.165) is 19.5 Å². The van der Waals surface area contributed by atoms with Gasteiger partial charge in [0.2, 0.25) is 0 Å². The molecule has 1 aromatic rings. The Labute approximate surface area is 122 Å². The molecule has 1 N–H and O–H groups in total. The first-order valence-corrected chi connectivity index (χ1v) is 8.46. The summed E-state index contributed by atoms with van der Waals surface area (Å²) in [5, 5.41) is 3.71. The van der Waals surface area contributed by atoms with Gasteiger partial charge in [0, 0.05) is 34.9 Å². The molecule has 108 valence electrons. The van der Waals surface area contributed by atoms with Crippen molar-refractivity contribution in [2.24, 2.45) is 5.92 Å². The van der Waals surface area contributed by atoms with Gasteiger partial charge in [-0.05, 0) is 44.4 Å². The van der Waals surface area contributed by atoms with Crippen molar-refractivity contribution in [3.8, 4) is 0 Å². The fraction of sp³-hybridized carbons (Fsp3) is 0.750. The first kappa shape index (κ1) is 15.0. The van der Waals surface area contributed by atoms with Crippen molar-refractivity contribution in [3.05, 3.63) is 21.9 Å². The predicted molar refractivity (Wildman–Crippen MR) is 84.8 cm³/mol. The van der Waals surface area contributed by atoms with Crippen molar-refractivity contribution >= 4 is 11.3 Å². The molecule has 19 heavy (non-hydrogen) atoms. The van der Waals surface area contributed by atoms with Crippen LogP contribution in [-0.4, -0.2) is 30.1 Å². The summed E-state index contributed by atoms with van der Waals surface area (Å²) >= 11 is 1.98. The van der Waals surface area contributed by atoms with E-state index in [1.807, 2.05) is 11.3 Å². The summed E-state index contributed by atoms with van der Waals surface area (Å²) in [6, 6.07) is 5.93. The lowest BCUT2D eigenvalue weighted by Gasteiger charge is -2.30. The average molecular weight is 280 g/mol. The summed E-state index contributed by atoms with van der Waals surface area (Å²) in [5.41, 5.74) is 0. The van der Waals surface area contributed by atoms with Gasteiger partial charge in [-0.25, -0.2) is 0 Å². The van der Waals surface area contributed by atoms with Crippen molar-refractivity contribution in [2.75, 3.05) is 13.1 Å². The lowest BCUT2D eigenvalue weighted by molar-refractivity contribution is 0.185. The minimum absolute atomic E-state index is 0.635. The molecule has 0 bridgehead atoms. The van der Waals surface area contributed by atoms with Gasteiger partial charge in [0.15, 0.2) is 0 Å². The van der Waals surface area contributed by atoms with E-state index >= 15 is 0 Å². The second-order valence-corrected chi connectivity index (χ2v) is 7.35. The van der Waals surface area contributed by atoms with Gasteiger partial charge < -0.3 is 5.32 Å². The predicted octanol–water partition coefficient (Wildman–Crippen LogP) is 3.52. The second kappa shape index (κ2) is 6.87. The van der Waals surface area contributed by atoms with Crippen LogP contribution in [0.4, 0.5) is 0 Å². The van der Waals surface area contributed by atoms with Crippen LogP contribution < -0.4 is 5.32 Å². The molecule has 0 radical (unpaired) electrons. The fourth-order valence-corrected chi connectivity index (χ4v) is 3.71. The molecule has 2 heterocycles. The maximum absolute atomic E-state index is 3.71. The summed E-state index contributed by atoms with van der Waals surface area (Å²) in [6.45, 7) is 12.7. The maximum Gasteiger partial charge on any atom is 0.0331 e. The molecule has 2 nitrogen and oxygen atoms in total. The van der Waals surface area contributed by atoms with Crippen LogP contribution >= 0.6 is 11.3 Å². The van der Waals surface area contributed by atoms with E-state index in [1.165, 1.54) is 22.7 Å². The van der Waals surface area contributed by atoms with E-state index in [0.29, 0.717) is 18.0 Å². The van der Waals surface area contributed by atoms with E-state index in [1.54, 1.807) is 0 Å². The molecule has 0 aromatic carbocycles. The summed E-state index contributed by atoms with van der Waals surface area (Å²) < 4.78 is 0. The van der Waals surface area contributed by atoms with Gasteiger partial charge >= 0.3 is 0 Å². The van der Waals surface area contributed by atoms with Crippen LogP contribution in [0.2, 0.25) is 0 Å². The van der Waals surface area contributed by atoms with Gasteiger partial charge in [0.1, 0.15) is 0 Å². The molecule has 1 aliphatic rings. The lowest BCUT2D eigenvalue weighted by Crippen LogP contribution is -2.42. The van der Waals surface area contributed by atoms with Crippen LogP contribution in [0.25, 0.3) is 0 Å². The van der Waals surface area contributed by atoms with E-state index in [-0.39, 0.29) is 0 Å². The van der Waals surface area contributed by atoms with Crippen LogP contribution in [-0.2, 0) is 13.0 Å². The molecule has 2 rings (SSSR count). The van der Waals surface area contributed by atoms with E-state index in [2.05, 4.69) is 50.0 Å². The molecule has 2 atom stereocenters. The molecule has 1 aromatic heterocycles. The Bertz CT molecular complexity index is 386. The molecule has 0 spiro atoms. The third kappa shape index (κ3) is 4.04. The Morgan fingerprint density at radius 1 is 1.37 bits per heavy atom. The summed E-state index contributed by atoms with van der Waals surface area (Å²) in [7, 11) is 0. The van der Waals surface area contributed by atoms with Crippen molar-refractivity contribution < 1.29 is 0 Å². The lowest BCUT2D eigenvalue weighted by atomic mass is 10.0. The molecular weight excluding hydrogens is 252 g/mol. The minimum atomic E-state index is 0.635. The summed E-state index contributed by atoms with van der Waals surface area (Å²) in [4.78, 5) is 5.69. The molecule has 1 fully saturated rings. The standard InChI is InChI=1S/C16H28N2S/c1-5-14-6-7-15(19-14)10-18-11-16(12(2)3)17-9-8-13(18)4/h6-7,12-13,16-17H,5,8-11H2,1-4H3. The topological polar surface area (TPSA) is 15.3 Å².